The fourth-order valence-electron chi connectivity index (χ4n) is 2.77. The topological polar surface area (TPSA) is 86.8 Å². The van der Waals surface area contributed by atoms with Crippen LogP contribution in [0.2, 0.25) is 0 Å². The molecule has 0 aliphatic rings. The number of anilines is 1. The molecule has 8 heteroatoms. The number of ether oxygens (including phenoxy) is 3. The van der Waals surface area contributed by atoms with Gasteiger partial charge in [-0.15, -0.1) is 0 Å². The fraction of sp³-hybridized carbons (Fsp3) is 0.286. The monoisotopic (exact) mass is 414 g/mol. The predicted molar refractivity (Wildman–Crippen MR) is 112 cm³/mol. The zero-order valence-electron chi connectivity index (χ0n) is 16.5. The molecule has 0 aliphatic carbocycles. The molecule has 29 heavy (non-hydrogen) atoms. The Kier molecular flexibility index (Phi) is 6.66. The van der Waals surface area contributed by atoms with Gasteiger partial charge in [0.15, 0.2) is 11.7 Å². The number of fused-ring (bicyclic) bond motifs is 1. The van der Waals surface area contributed by atoms with Crippen molar-refractivity contribution in [2.45, 2.75) is 20.3 Å². The molecule has 3 rings (SSSR count). The Labute approximate surface area is 172 Å². The lowest BCUT2D eigenvalue weighted by Gasteiger charge is -2.09. The summed E-state index contributed by atoms with van der Waals surface area (Å²) in [5.74, 6) is 0.410. The van der Waals surface area contributed by atoms with E-state index in [1.807, 2.05) is 44.2 Å². The standard InChI is InChI=1S/C21H22N2O5S/c1-4-27-15-6-7-16-18(11-15)29-21(22-16)23-19(24)12-28-20(25)10-14-9-13(2)5-8-17(14)26-3/h5-9,11H,4,10,12H2,1-3H3,(H,22,23,24). The summed E-state index contributed by atoms with van der Waals surface area (Å²) in [4.78, 5) is 28.6. The Morgan fingerprint density at radius 3 is 2.76 bits per heavy atom. The molecule has 1 amide bonds. The zero-order valence-corrected chi connectivity index (χ0v) is 17.3. The second-order valence-electron chi connectivity index (χ2n) is 6.28. The molecule has 1 heterocycles. The van der Waals surface area contributed by atoms with E-state index in [1.165, 1.54) is 11.3 Å². The third-order valence-corrected chi connectivity index (χ3v) is 4.99. The highest BCUT2D eigenvalue weighted by atomic mass is 32.1. The van der Waals surface area contributed by atoms with E-state index in [0.29, 0.717) is 23.1 Å². The van der Waals surface area contributed by atoms with E-state index in [1.54, 1.807) is 13.2 Å². The molecule has 0 spiro atoms. The lowest BCUT2D eigenvalue weighted by Crippen LogP contribution is -2.21. The number of carbonyl (C=O) groups is 2. The Hall–Kier alpha value is -3.13. The van der Waals surface area contributed by atoms with Gasteiger partial charge in [0.05, 0.1) is 30.4 Å². The molecule has 0 radical (unpaired) electrons. The first kappa shape index (κ1) is 20.6. The van der Waals surface area contributed by atoms with E-state index >= 15 is 0 Å². The van der Waals surface area contributed by atoms with Crippen LogP contribution in [-0.2, 0) is 20.7 Å². The smallest absolute Gasteiger partial charge is 0.310 e. The number of benzene rings is 2. The molecular weight excluding hydrogens is 392 g/mol. The molecule has 0 unspecified atom stereocenters. The van der Waals surface area contributed by atoms with Crippen LogP contribution in [0.4, 0.5) is 5.13 Å². The predicted octanol–water partition coefficient (Wildman–Crippen LogP) is 3.74. The number of rotatable bonds is 8. The molecule has 152 valence electrons. The Balaban J connectivity index is 1.55. The van der Waals surface area contributed by atoms with Crippen molar-refractivity contribution in [1.29, 1.82) is 0 Å². The van der Waals surface area contributed by atoms with Gasteiger partial charge in [0.25, 0.3) is 5.91 Å². The summed E-state index contributed by atoms with van der Waals surface area (Å²) in [7, 11) is 1.54. The molecule has 0 fully saturated rings. The number of nitrogens with zero attached hydrogens (tertiary/aromatic N) is 1. The quantitative estimate of drug-likeness (QED) is 0.565. The Morgan fingerprint density at radius 2 is 2.00 bits per heavy atom. The van der Waals surface area contributed by atoms with Crippen LogP contribution in [0.15, 0.2) is 36.4 Å². The summed E-state index contributed by atoms with van der Waals surface area (Å²) in [6.45, 7) is 4.04. The van der Waals surface area contributed by atoms with Crippen LogP contribution in [0.3, 0.4) is 0 Å². The van der Waals surface area contributed by atoms with Gasteiger partial charge in [0.1, 0.15) is 11.5 Å². The number of hydrogen-bond acceptors (Lipinski definition) is 7. The van der Waals surface area contributed by atoms with Gasteiger partial charge < -0.3 is 14.2 Å². The molecule has 0 aliphatic heterocycles. The van der Waals surface area contributed by atoms with Gasteiger partial charge in [-0.05, 0) is 38.1 Å². The minimum absolute atomic E-state index is 0.0273. The molecule has 0 saturated heterocycles. The van der Waals surface area contributed by atoms with Crippen molar-refractivity contribution < 1.29 is 23.8 Å². The summed E-state index contributed by atoms with van der Waals surface area (Å²) in [6.07, 6.45) is 0.0273. The average Bonchev–Trinajstić information content (AvgIpc) is 3.08. The van der Waals surface area contributed by atoms with Crippen molar-refractivity contribution in [3.8, 4) is 11.5 Å². The van der Waals surface area contributed by atoms with Gasteiger partial charge in [0, 0.05) is 5.56 Å². The van der Waals surface area contributed by atoms with Crippen molar-refractivity contribution in [3.63, 3.8) is 0 Å². The van der Waals surface area contributed by atoms with Gasteiger partial charge in [0.2, 0.25) is 0 Å². The third kappa shape index (κ3) is 5.45. The van der Waals surface area contributed by atoms with Gasteiger partial charge in [-0.1, -0.05) is 29.0 Å². The summed E-state index contributed by atoms with van der Waals surface area (Å²) in [5, 5.41) is 3.10. The van der Waals surface area contributed by atoms with Crippen molar-refractivity contribution in [2.24, 2.45) is 0 Å². The minimum Gasteiger partial charge on any atom is -0.496 e. The number of aryl methyl sites for hydroxylation is 1. The van der Waals surface area contributed by atoms with E-state index in [2.05, 4.69) is 10.3 Å². The highest BCUT2D eigenvalue weighted by molar-refractivity contribution is 7.22. The highest BCUT2D eigenvalue weighted by Crippen LogP contribution is 2.29. The first-order chi connectivity index (χ1) is 14.0. The number of methoxy groups -OCH3 is 1. The first-order valence-electron chi connectivity index (χ1n) is 9.11. The number of aromatic nitrogens is 1. The molecule has 1 N–H and O–H groups in total. The van der Waals surface area contributed by atoms with Crippen molar-refractivity contribution in [3.05, 3.63) is 47.5 Å². The molecule has 0 saturated carbocycles. The van der Waals surface area contributed by atoms with E-state index in [-0.39, 0.29) is 13.0 Å². The van der Waals surface area contributed by atoms with Gasteiger partial charge in [-0.25, -0.2) is 4.98 Å². The van der Waals surface area contributed by atoms with E-state index < -0.39 is 11.9 Å². The lowest BCUT2D eigenvalue weighted by molar-refractivity contribution is -0.146. The zero-order chi connectivity index (χ0) is 20.8. The number of hydrogen-bond donors (Lipinski definition) is 1. The van der Waals surface area contributed by atoms with Crippen molar-refractivity contribution >= 4 is 38.6 Å². The summed E-state index contributed by atoms with van der Waals surface area (Å²) in [5.41, 5.74) is 2.49. The van der Waals surface area contributed by atoms with Gasteiger partial charge in [-0.2, -0.15) is 0 Å². The largest absolute Gasteiger partial charge is 0.496 e. The third-order valence-electron chi connectivity index (χ3n) is 4.05. The SMILES string of the molecule is CCOc1ccc2nc(NC(=O)COC(=O)Cc3cc(C)ccc3OC)sc2c1. The van der Waals surface area contributed by atoms with Crippen molar-refractivity contribution in [2.75, 3.05) is 25.6 Å². The average molecular weight is 414 g/mol. The molecule has 7 nitrogen and oxygen atoms in total. The normalized spacial score (nSPS) is 10.6. The van der Waals surface area contributed by atoms with E-state index in [9.17, 15) is 9.59 Å². The fourth-order valence-corrected chi connectivity index (χ4v) is 3.68. The lowest BCUT2D eigenvalue weighted by atomic mass is 10.1. The molecule has 0 atom stereocenters. The number of carbonyl (C=O) groups excluding carboxylic acids is 2. The molecular formula is C21H22N2O5S. The summed E-state index contributed by atoms with van der Waals surface area (Å²) >= 11 is 1.33. The van der Waals surface area contributed by atoms with Crippen LogP contribution in [0.25, 0.3) is 10.2 Å². The van der Waals surface area contributed by atoms with Crippen LogP contribution < -0.4 is 14.8 Å². The Morgan fingerprint density at radius 1 is 1.17 bits per heavy atom. The maximum atomic E-state index is 12.1. The van der Waals surface area contributed by atoms with Crippen LogP contribution in [0, 0.1) is 6.92 Å². The first-order valence-corrected chi connectivity index (χ1v) is 9.92. The molecule has 0 bridgehead atoms. The maximum absolute atomic E-state index is 12.1. The van der Waals surface area contributed by atoms with Gasteiger partial charge in [-0.3, -0.25) is 14.9 Å². The maximum Gasteiger partial charge on any atom is 0.310 e. The molecule has 2 aromatic carbocycles. The minimum atomic E-state index is -0.505. The molecule has 3 aromatic rings. The van der Waals surface area contributed by atoms with E-state index in [0.717, 1.165) is 21.5 Å². The van der Waals surface area contributed by atoms with Crippen LogP contribution in [0.1, 0.15) is 18.1 Å². The Bertz CT molecular complexity index is 1030. The highest BCUT2D eigenvalue weighted by Gasteiger charge is 2.14. The van der Waals surface area contributed by atoms with E-state index in [4.69, 9.17) is 14.2 Å². The number of esters is 1. The number of nitrogens with one attached hydrogen (secondary N) is 1. The summed E-state index contributed by atoms with van der Waals surface area (Å²) < 4.78 is 16.7. The van der Waals surface area contributed by atoms with Crippen LogP contribution >= 0.6 is 11.3 Å². The van der Waals surface area contributed by atoms with Gasteiger partial charge >= 0.3 is 5.97 Å². The van der Waals surface area contributed by atoms with Crippen LogP contribution in [-0.4, -0.2) is 37.2 Å². The number of thiazole rings is 1. The van der Waals surface area contributed by atoms with Crippen molar-refractivity contribution in [1.82, 2.24) is 4.98 Å². The number of amides is 1. The summed E-state index contributed by atoms with van der Waals surface area (Å²) in [6, 6.07) is 11.1. The van der Waals surface area contributed by atoms with Crippen LogP contribution in [0.5, 0.6) is 11.5 Å². The second-order valence-corrected chi connectivity index (χ2v) is 7.31. The molecule has 1 aromatic heterocycles. The second kappa shape index (κ2) is 9.38.